The van der Waals surface area contributed by atoms with Gasteiger partial charge in [0.15, 0.2) is 0 Å². The van der Waals surface area contributed by atoms with Crippen LogP contribution >= 0.6 is 11.8 Å². The molecule has 1 aliphatic heterocycles. The summed E-state index contributed by atoms with van der Waals surface area (Å²) < 4.78 is 47.0. The van der Waals surface area contributed by atoms with Crippen LogP contribution in [0.1, 0.15) is 31.9 Å². The third-order valence-electron chi connectivity index (χ3n) is 3.03. The van der Waals surface area contributed by atoms with Crippen LogP contribution < -0.4 is 9.47 Å². The molecule has 2 rings (SSSR count). The van der Waals surface area contributed by atoms with Crippen LogP contribution in [0.25, 0.3) is 0 Å². The first kappa shape index (κ1) is 16.3. The summed E-state index contributed by atoms with van der Waals surface area (Å²) in [5.41, 5.74) is -4.06. The first-order chi connectivity index (χ1) is 9.66. The van der Waals surface area contributed by atoms with Crippen molar-refractivity contribution < 1.29 is 27.8 Å². The fourth-order valence-electron chi connectivity index (χ4n) is 2.20. The fraction of sp³-hybridized carbons (Fsp3) is 0.571. The molecule has 0 bridgehead atoms. The summed E-state index contributed by atoms with van der Waals surface area (Å²) in [5.74, 6) is 0.774. The summed E-state index contributed by atoms with van der Waals surface area (Å²) in [4.78, 5) is 0. The molecular weight excluding hydrogens is 305 g/mol. The van der Waals surface area contributed by atoms with Crippen molar-refractivity contribution in [3.8, 4) is 11.5 Å². The summed E-state index contributed by atoms with van der Waals surface area (Å²) in [6, 6.07) is 4.92. The first-order valence-corrected chi connectivity index (χ1v) is 7.49. The Morgan fingerprint density at radius 1 is 1.43 bits per heavy atom. The van der Waals surface area contributed by atoms with Gasteiger partial charge in [0, 0.05) is 23.8 Å². The lowest BCUT2D eigenvalue weighted by Gasteiger charge is -2.35. The van der Waals surface area contributed by atoms with Gasteiger partial charge in [-0.1, -0.05) is 0 Å². The van der Waals surface area contributed by atoms with Crippen molar-refractivity contribution in [3.63, 3.8) is 0 Å². The van der Waals surface area contributed by atoms with Crippen LogP contribution in [-0.2, 0) is 0 Å². The van der Waals surface area contributed by atoms with Gasteiger partial charge in [0.2, 0.25) is 0 Å². The highest BCUT2D eigenvalue weighted by molar-refractivity contribution is 8.00. The third kappa shape index (κ3) is 4.71. The Morgan fingerprint density at radius 3 is 2.81 bits per heavy atom. The van der Waals surface area contributed by atoms with E-state index in [1.54, 1.807) is 18.2 Å². The minimum Gasteiger partial charge on any atom is -0.493 e. The lowest BCUT2D eigenvalue weighted by Crippen LogP contribution is -2.34. The highest BCUT2D eigenvalue weighted by Gasteiger charge is 2.33. The Balaban J connectivity index is 1.98. The van der Waals surface area contributed by atoms with Crippen molar-refractivity contribution in [2.75, 3.05) is 12.4 Å². The van der Waals surface area contributed by atoms with Gasteiger partial charge in [-0.3, -0.25) is 0 Å². The van der Waals surface area contributed by atoms with Crippen LogP contribution in [0.5, 0.6) is 11.5 Å². The third-order valence-corrected chi connectivity index (χ3v) is 3.73. The number of ether oxygens (including phenoxy) is 2. The van der Waals surface area contributed by atoms with Crippen LogP contribution in [0.15, 0.2) is 18.2 Å². The Morgan fingerprint density at radius 2 is 2.14 bits per heavy atom. The topological polar surface area (TPSA) is 38.7 Å². The molecule has 0 aromatic heterocycles. The number of rotatable bonds is 4. The van der Waals surface area contributed by atoms with Crippen LogP contribution in [-0.4, -0.2) is 28.6 Å². The van der Waals surface area contributed by atoms with Crippen LogP contribution in [0.4, 0.5) is 13.2 Å². The monoisotopic (exact) mass is 322 g/mol. The number of aliphatic hydroxyl groups excluding tert-OH is 1. The number of benzene rings is 1. The molecule has 0 fully saturated rings. The number of hydrogen-bond donors (Lipinski definition) is 1. The van der Waals surface area contributed by atoms with Gasteiger partial charge in [-0.2, -0.15) is 13.2 Å². The summed E-state index contributed by atoms with van der Waals surface area (Å²) >= 11 is -0.115. The SMILES string of the molecule is CC1(C)CC(O)c2ccc(OCCSC(F)(F)F)cc2O1. The molecule has 0 aliphatic carbocycles. The molecule has 1 heterocycles. The maximum Gasteiger partial charge on any atom is 0.441 e. The van der Waals surface area contributed by atoms with E-state index >= 15 is 0 Å². The van der Waals surface area contributed by atoms with Crippen molar-refractivity contribution in [3.05, 3.63) is 23.8 Å². The Hall–Kier alpha value is -1.08. The predicted molar refractivity (Wildman–Crippen MR) is 74.7 cm³/mol. The molecule has 118 valence electrons. The second kappa shape index (κ2) is 5.96. The zero-order chi connectivity index (χ0) is 15.7. The number of thioether (sulfide) groups is 1. The largest absolute Gasteiger partial charge is 0.493 e. The second-order valence-corrected chi connectivity index (χ2v) is 6.58. The molecule has 21 heavy (non-hydrogen) atoms. The Bertz CT molecular complexity index is 503. The van der Waals surface area contributed by atoms with Gasteiger partial charge in [-0.25, -0.2) is 0 Å². The van der Waals surface area contributed by atoms with E-state index in [0.29, 0.717) is 23.5 Å². The lowest BCUT2D eigenvalue weighted by atomic mass is 9.92. The maximum atomic E-state index is 12.0. The van der Waals surface area contributed by atoms with E-state index in [2.05, 4.69) is 0 Å². The van der Waals surface area contributed by atoms with E-state index in [9.17, 15) is 18.3 Å². The Labute approximate surface area is 125 Å². The smallest absolute Gasteiger partial charge is 0.441 e. The number of alkyl halides is 3. The van der Waals surface area contributed by atoms with E-state index in [1.807, 2.05) is 13.8 Å². The fourth-order valence-corrected chi connectivity index (χ4v) is 2.60. The zero-order valence-electron chi connectivity index (χ0n) is 11.7. The number of hydrogen-bond acceptors (Lipinski definition) is 4. The molecule has 1 aromatic carbocycles. The molecule has 1 unspecified atom stereocenters. The van der Waals surface area contributed by atoms with Crippen molar-refractivity contribution in [1.82, 2.24) is 0 Å². The molecule has 0 spiro atoms. The number of fused-ring (bicyclic) bond motifs is 1. The summed E-state index contributed by atoms with van der Waals surface area (Å²) in [5, 5.41) is 10.0. The van der Waals surface area contributed by atoms with Gasteiger partial charge in [-0.05, 0) is 37.7 Å². The molecule has 3 nitrogen and oxygen atoms in total. The van der Waals surface area contributed by atoms with E-state index in [1.165, 1.54) is 0 Å². The van der Waals surface area contributed by atoms with Crippen molar-refractivity contribution in [2.45, 2.75) is 37.5 Å². The number of halogens is 3. The summed E-state index contributed by atoms with van der Waals surface area (Å²) in [7, 11) is 0. The molecule has 1 aliphatic rings. The van der Waals surface area contributed by atoms with Crippen molar-refractivity contribution >= 4 is 11.8 Å². The van der Waals surface area contributed by atoms with Crippen LogP contribution in [0.2, 0.25) is 0 Å². The molecule has 1 N–H and O–H groups in total. The summed E-state index contributed by atoms with van der Waals surface area (Å²) in [6.45, 7) is 3.69. The lowest BCUT2D eigenvalue weighted by molar-refractivity contribution is -0.0329. The minimum absolute atomic E-state index is 0.0467. The predicted octanol–water partition coefficient (Wildman–Crippen LogP) is 3.91. The van der Waals surface area contributed by atoms with Gasteiger partial charge >= 0.3 is 5.51 Å². The highest BCUT2D eigenvalue weighted by Crippen LogP contribution is 2.41. The average Bonchev–Trinajstić information content (AvgIpc) is 2.31. The normalized spacial score (nSPS) is 20.6. The van der Waals surface area contributed by atoms with E-state index < -0.39 is 17.2 Å². The van der Waals surface area contributed by atoms with Crippen molar-refractivity contribution in [2.24, 2.45) is 0 Å². The van der Waals surface area contributed by atoms with Gasteiger partial charge in [0.1, 0.15) is 17.1 Å². The molecule has 1 aromatic rings. The standard InChI is InChI=1S/C14H17F3O3S/c1-13(2)8-11(18)10-4-3-9(7-12(10)20-13)19-5-6-21-14(15,16)17/h3-4,7,11,18H,5-6,8H2,1-2H3. The Kier molecular flexibility index (Phi) is 4.63. The van der Waals surface area contributed by atoms with E-state index in [0.717, 1.165) is 0 Å². The number of aliphatic hydroxyl groups is 1. The van der Waals surface area contributed by atoms with Gasteiger partial charge in [0.05, 0.1) is 12.7 Å². The first-order valence-electron chi connectivity index (χ1n) is 6.51. The van der Waals surface area contributed by atoms with E-state index in [-0.39, 0.29) is 24.1 Å². The molecule has 0 saturated heterocycles. The molecule has 0 amide bonds. The maximum absolute atomic E-state index is 12.0. The van der Waals surface area contributed by atoms with Crippen LogP contribution in [0, 0.1) is 0 Å². The average molecular weight is 322 g/mol. The van der Waals surface area contributed by atoms with E-state index in [4.69, 9.17) is 9.47 Å². The van der Waals surface area contributed by atoms with Crippen molar-refractivity contribution in [1.29, 1.82) is 0 Å². The highest BCUT2D eigenvalue weighted by atomic mass is 32.2. The molecule has 7 heteroatoms. The molecule has 0 radical (unpaired) electrons. The minimum atomic E-state index is -4.24. The summed E-state index contributed by atoms with van der Waals surface area (Å²) in [6.07, 6.45) is -0.124. The van der Waals surface area contributed by atoms with Crippen LogP contribution in [0.3, 0.4) is 0 Å². The van der Waals surface area contributed by atoms with Gasteiger partial charge in [-0.15, -0.1) is 0 Å². The quantitative estimate of drug-likeness (QED) is 0.853. The van der Waals surface area contributed by atoms with Gasteiger partial charge in [0.25, 0.3) is 0 Å². The second-order valence-electron chi connectivity index (χ2n) is 5.42. The zero-order valence-corrected chi connectivity index (χ0v) is 12.6. The molecule has 0 saturated carbocycles. The molecular formula is C14H17F3O3S. The molecule has 1 atom stereocenters. The van der Waals surface area contributed by atoms with Gasteiger partial charge < -0.3 is 14.6 Å².